The van der Waals surface area contributed by atoms with Crippen molar-refractivity contribution in [2.75, 3.05) is 27.4 Å². The highest BCUT2D eigenvalue weighted by molar-refractivity contribution is 14.0. The predicted molar refractivity (Wildman–Crippen MR) is 122 cm³/mol. The van der Waals surface area contributed by atoms with Gasteiger partial charge in [0.1, 0.15) is 11.6 Å². The van der Waals surface area contributed by atoms with Crippen LogP contribution in [0.3, 0.4) is 0 Å². The molecule has 2 aromatic rings. The lowest BCUT2D eigenvalue weighted by atomic mass is 10.1. The third-order valence-corrected chi connectivity index (χ3v) is 4.02. The van der Waals surface area contributed by atoms with Crippen LogP contribution in [0.5, 0.6) is 5.75 Å². The second-order valence-corrected chi connectivity index (χ2v) is 6.21. The van der Waals surface area contributed by atoms with E-state index in [-0.39, 0.29) is 29.8 Å². The van der Waals surface area contributed by atoms with Gasteiger partial charge in [-0.3, -0.25) is 4.99 Å². The van der Waals surface area contributed by atoms with Gasteiger partial charge in [0.25, 0.3) is 0 Å². The number of aryl methyl sites for hydroxylation is 1. The standard InChI is InChI=1S/C21H28FN3O2.HI/c1-16-5-8-18(20(13-16)27-12-4-11-26-3)15-25-21(23-2)24-14-17-6-9-19(22)10-7-17;/h5-10,13H,4,11-12,14-15H2,1-3H3,(H2,23,24,25);1H. The van der Waals surface area contributed by atoms with Crippen LogP contribution >= 0.6 is 24.0 Å². The first kappa shape index (κ1) is 24.2. The Balaban J connectivity index is 0.00000392. The molecule has 0 amide bonds. The van der Waals surface area contributed by atoms with Crippen molar-refractivity contribution >= 4 is 29.9 Å². The van der Waals surface area contributed by atoms with Crippen LogP contribution in [0.1, 0.15) is 23.1 Å². The molecule has 2 N–H and O–H groups in total. The highest BCUT2D eigenvalue weighted by Crippen LogP contribution is 2.20. The first-order chi connectivity index (χ1) is 13.1. The van der Waals surface area contributed by atoms with Crippen molar-refractivity contribution in [1.82, 2.24) is 10.6 Å². The fourth-order valence-electron chi connectivity index (χ4n) is 2.52. The second-order valence-electron chi connectivity index (χ2n) is 6.21. The fourth-order valence-corrected chi connectivity index (χ4v) is 2.52. The molecule has 154 valence electrons. The van der Waals surface area contributed by atoms with Crippen LogP contribution in [-0.4, -0.2) is 33.3 Å². The van der Waals surface area contributed by atoms with E-state index in [4.69, 9.17) is 9.47 Å². The van der Waals surface area contributed by atoms with E-state index in [1.807, 2.05) is 13.0 Å². The van der Waals surface area contributed by atoms with Gasteiger partial charge in [0.15, 0.2) is 5.96 Å². The van der Waals surface area contributed by atoms with Crippen molar-refractivity contribution in [3.05, 3.63) is 65.0 Å². The minimum Gasteiger partial charge on any atom is -0.493 e. The molecule has 7 heteroatoms. The van der Waals surface area contributed by atoms with Crippen molar-refractivity contribution in [2.24, 2.45) is 4.99 Å². The summed E-state index contributed by atoms with van der Waals surface area (Å²) in [5.74, 6) is 1.30. The van der Waals surface area contributed by atoms with Crippen molar-refractivity contribution in [1.29, 1.82) is 0 Å². The van der Waals surface area contributed by atoms with E-state index in [0.29, 0.717) is 32.3 Å². The molecular weight excluding hydrogens is 472 g/mol. The highest BCUT2D eigenvalue weighted by atomic mass is 127. The average Bonchev–Trinajstić information content (AvgIpc) is 2.68. The molecule has 0 aromatic heterocycles. The topological polar surface area (TPSA) is 54.9 Å². The molecular formula is C21H29FIN3O2. The van der Waals surface area contributed by atoms with Gasteiger partial charge in [-0.2, -0.15) is 0 Å². The van der Waals surface area contributed by atoms with Crippen LogP contribution in [-0.2, 0) is 17.8 Å². The Hall–Kier alpha value is -1.87. The van der Waals surface area contributed by atoms with Crippen molar-refractivity contribution in [3.63, 3.8) is 0 Å². The number of aliphatic imine (C=N–C) groups is 1. The summed E-state index contributed by atoms with van der Waals surface area (Å²) in [5.41, 5.74) is 3.19. The lowest BCUT2D eigenvalue weighted by Gasteiger charge is -2.15. The summed E-state index contributed by atoms with van der Waals surface area (Å²) in [4.78, 5) is 4.23. The molecule has 0 fully saturated rings. The van der Waals surface area contributed by atoms with Crippen molar-refractivity contribution in [3.8, 4) is 5.75 Å². The van der Waals surface area contributed by atoms with Crippen molar-refractivity contribution < 1.29 is 13.9 Å². The minimum absolute atomic E-state index is 0. The lowest BCUT2D eigenvalue weighted by Crippen LogP contribution is -2.36. The van der Waals surface area contributed by atoms with Crippen LogP contribution in [0.4, 0.5) is 4.39 Å². The Morgan fingerprint density at radius 1 is 1.04 bits per heavy atom. The molecule has 2 aromatic carbocycles. The summed E-state index contributed by atoms with van der Waals surface area (Å²) >= 11 is 0. The number of nitrogens with zero attached hydrogens (tertiary/aromatic N) is 1. The third-order valence-electron chi connectivity index (χ3n) is 4.02. The van der Waals surface area contributed by atoms with Gasteiger partial charge in [0.2, 0.25) is 0 Å². The van der Waals surface area contributed by atoms with Crippen LogP contribution in [0.2, 0.25) is 0 Å². The first-order valence-corrected chi connectivity index (χ1v) is 9.02. The molecule has 28 heavy (non-hydrogen) atoms. The number of methoxy groups -OCH3 is 1. The smallest absolute Gasteiger partial charge is 0.191 e. The third kappa shape index (κ3) is 8.43. The average molecular weight is 501 g/mol. The number of hydrogen-bond donors (Lipinski definition) is 2. The van der Waals surface area contributed by atoms with Crippen LogP contribution in [0.25, 0.3) is 0 Å². The highest BCUT2D eigenvalue weighted by Gasteiger charge is 2.06. The van der Waals surface area contributed by atoms with Crippen LogP contribution < -0.4 is 15.4 Å². The molecule has 0 spiro atoms. The number of hydrogen-bond acceptors (Lipinski definition) is 3. The lowest BCUT2D eigenvalue weighted by molar-refractivity contribution is 0.171. The number of guanidine groups is 1. The van der Waals surface area contributed by atoms with Gasteiger partial charge in [-0.15, -0.1) is 24.0 Å². The van der Waals surface area contributed by atoms with Gasteiger partial charge in [-0.25, -0.2) is 4.39 Å². The molecule has 0 heterocycles. The molecule has 0 unspecified atom stereocenters. The van der Waals surface area contributed by atoms with E-state index in [2.05, 4.69) is 27.8 Å². The number of ether oxygens (including phenoxy) is 2. The monoisotopic (exact) mass is 501 g/mol. The molecule has 5 nitrogen and oxygen atoms in total. The van der Waals surface area contributed by atoms with Gasteiger partial charge in [-0.05, 0) is 36.2 Å². The van der Waals surface area contributed by atoms with E-state index in [9.17, 15) is 4.39 Å². The summed E-state index contributed by atoms with van der Waals surface area (Å²) in [6, 6.07) is 12.6. The molecule has 0 radical (unpaired) electrons. The predicted octanol–water partition coefficient (Wildman–Crippen LogP) is 4.03. The molecule has 0 aliphatic carbocycles. The summed E-state index contributed by atoms with van der Waals surface area (Å²) < 4.78 is 24.0. The fraction of sp³-hybridized carbons (Fsp3) is 0.381. The van der Waals surface area contributed by atoms with E-state index in [1.54, 1.807) is 26.3 Å². The molecule has 0 atom stereocenters. The zero-order valence-electron chi connectivity index (χ0n) is 16.6. The summed E-state index contributed by atoms with van der Waals surface area (Å²) in [6.45, 7) is 4.49. The summed E-state index contributed by atoms with van der Waals surface area (Å²) in [6.07, 6.45) is 0.845. The number of halogens is 2. The quantitative estimate of drug-likeness (QED) is 0.236. The zero-order valence-corrected chi connectivity index (χ0v) is 19.0. The van der Waals surface area contributed by atoms with Crippen molar-refractivity contribution in [2.45, 2.75) is 26.4 Å². The summed E-state index contributed by atoms with van der Waals surface area (Å²) in [5, 5.41) is 6.51. The van der Waals surface area contributed by atoms with Gasteiger partial charge >= 0.3 is 0 Å². The summed E-state index contributed by atoms with van der Waals surface area (Å²) in [7, 11) is 3.41. The van der Waals surface area contributed by atoms with Gasteiger partial charge in [-0.1, -0.05) is 24.3 Å². The maximum absolute atomic E-state index is 13.0. The molecule has 0 saturated carbocycles. The van der Waals surface area contributed by atoms with E-state index < -0.39 is 0 Å². The Kier molecular flexibility index (Phi) is 11.5. The maximum Gasteiger partial charge on any atom is 0.191 e. The normalized spacial score (nSPS) is 10.9. The molecule has 0 aliphatic heterocycles. The van der Waals surface area contributed by atoms with E-state index >= 15 is 0 Å². The Morgan fingerprint density at radius 2 is 1.75 bits per heavy atom. The first-order valence-electron chi connectivity index (χ1n) is 9.02. The Labute approximate surface area is 183 Å². The molecule has 2 rings (SSSR count). The Bertz CT molecular complexity index is 739. The molecule has 0 aliphatic rings. The van der Waals surface area contributed by atoms with Crippen LogP contribution in [0.15, 0.2) is 47.5 Å². The number of benzene rings is 2. The number of rotatable bonds is 9. The van der Waals surface area contributed by atoms with Gasteiger partial charge in [0.05, 0.1) is 6.61 Å². The minimum atomic E-state index is -0.237. The van der Waals surface area contributed by atoms with Crippen LogP contribution in [0, 0.1) is 12.7 Å². The maximum atomic E-state index is 13.0. The van der Waals surface area contributed by atoms with Gasteiger partial charge in [0, 0.05) is 45.8 Å². The van der Waals surface area contributed by atoms with E-state index in [0.717, 1.165) is 28.9 Å². The molecule has 0 saturated heterocycles. The zero-order chi connectivity index (χ0) is 19.5. The Morgan fingerprint density at radius 3 is 2.43 bits per heavy atom. The van der Waals surface area contributed by atoms with E-state index in [1.165, 1.54) is 12.1 Å². The largest absolute Gasteiger partial charge is 0.493 e. The van der Waals surface area contributed by atoms with Gasteiger partial charge < -0.3 is 20.1 Å². The second kappa shape index (κ2) is 13.3. The number of nitrogens with one attached hydrogen (secondary N) is 2. The molecule has 0 bridgehead atoms. The SMILES string of the molecule is CN=C(NCc1ccc(F)cc1)NCc1ccc(C)cc1OCCCOC.I.